The SMILES string of the molecule is O=C(NCc1cncs1)C1CCO1. The minimum absolute atomic E-state index is 0.0142. The Morgan fingerprint density at radius 2 is 2.69 bits per heavy atom. The third kappa shape index (κ3) is 2.05. The smallest absolute Gasteiger partial charge is 0.249 e. The highest BCUT2D eigenvalue weighted by atomic mass is 32.1. The van der Waals surface area contributed by atoms with Crippen LogP contribution in [0.2, 0.25) is 0 Å². The van der Waals surface area contributed by atoms with Crippen molar-refractivity contribution >= 4 is 17.2 Å². The molecule has 0 spiro atoms. The number of ether oxygens (including phenoxy) is 1. The van der Waals surface area contributed by atoms with Gasteiger partial charge in [-0.1, -0.05) is 0 Å². The van der Waals surface area contributed by atoms with Crippen molar-refractivity contribution in [2.75, 3.05) is 6.61 Å². The highest BCUT2D eigenvalue weighted by molar-refractivity contribution is 7.09. The van der Waals surface area contributed by atoms with Gasteiger partial charge in [-0.25, -0.2) is 0 Å². The second-order valence-corrected chi connectivity index (χ2v) is 3.80. The average Bonchev–Trinajstić information content (AvgIpc) is 2.49. The summed E-state index contributed by atoms with van der Waals surface area (Å²) in [7, 11) is 0. The van der Waals surface area contributed by atoms with E-state index in [0.717, 1.165) is 11.3 Å². The van der Waals surface area contributed by atoms with Gasteiger partial charge in [0, 0.05) is 17.5 Å². The van der Waals surface area contributed by atoms with E-state index in [1.807, 2.05) is 0 Å². The van der Waals surface area contributed by atoms with Crippen LogP contribution in [0.5, 0.6) is 0 Å². The van der Waals surface area contributed by atoms with Crippen LogP contribution >= 0.6 is 11.3 Å². The molecular formula is C8H10N2O2S. The summed E-state index contributed by atoms with van der Waals surface area (Å²) in [5.41, 5.74) is 1.75. The van der Waals surface area contributed by atoms with Crippen LogP contribution in [0.1, 0.15) is 11.3 Å². The fraction of sp³-hybridized carbons (Fsp3) is 0.500. The highest BCUT2D eigenvalue weighted by Crippen LogP contribution is 2.11. The van der Waals surface area contributed by atoms with Gasteiger partial charge in [0.25, 0.3) is 0 Å². The average molecular weight is 198 g/mol. The van der Waals surface area contributed by atoms with Crippen LogP contribution in [0.15, 0.2) is 11.7 Å². The van der Waals surface area contributed by atoms with Crippen LogP contribution in [-0.4, -0.2) is 23.6 Å². The minimum Gasteiger partial charge on any atom is -0.368 e. The summed E-state index contributed by atoms with van der Waals surface area (Å²) in [6.07, 6.45) is 2.38. The molecule has 0 bridgehead atoms. The molecule has 13 heavy (non-hydrogen) atoms. The molecule has 1 aliphatic rings. The molecule has 1 fully saturated rings. The molecule has 1 saturated heterocycles. The molecule has 1 aromatic heterocycles. The van der Waals surface area contributed by atoms with Crippen molar-refractivity contribution in [3.8, 4) is 0 Å². The molecule has 1 aromatic rings. The lowest BCUT2D eigenvalue weighted by Gasteiger charge is -2.24. The zero-order valence-corrected chi connectivity index (χ0v) is 7.84. The zero-order chi connectivity index (χ0) is 9.10. The van der Waals surface area contributed by atoms with Crippen molar-refractivity contribution in [2.24, 2.45) is 0 Å². The Bertz CT molecular complexity index is 282. The van der Waals surface area contributed by atoms with E-state index in [2.05, 4.69) is 10.3 Å². The predicted molar refractivity (Wildman–Crippen MR) is 48.3 cm³/mol. The largest absolute Gasteiger partial charge is 0.368 e. The summed E-state index contributed by atoms with van der Waals surface area (Å²) in [5, 5.41) is 2.79. The van der Waals surface area contributed by atoms with Crippen molar-refractivity contribution in [2.45, 2.75) is 19.1 Å². The van der Waals surface area contributed by atoms with E-state index in [-0.39, 0.29) is 12.0 Å². The fourth-order valence-corrected chi connectivity index (χ4v) is 1.59. The third-order valence-electron chi connectivity index (χ3n) is 1.91. The number of carbonyl (C=O) groups excluding carboxylic acids is 1. The second kappa shape index (κ2) is 3.85. The molecule has 0 aromatic carbocycles. The van der Waals surface area contributed by atoms with Crippen LogP contribution in [0, 0.1) is 0 Å². The molecular weight excluding hydrogens is 188 g/mol. The Morgan fingerprint density at radius 1 is 1.85 bits per heavy atom. The molecule has 1 aliphatic heterocycles. The number of thiazole rings is 1. The lowest BCUT2D eigenvalue weighted by atomic mass is 10.2. The normalized spacial score (nSPS) is 20.8. The standard InChI is InChI=1S/C8H10N2O2S/c11-8(7-1-2-12-7)10-4-6-3-9-5-13-6/h3,5,7H,1-2,4H2,(H,10,11). The molecule has 0 aliphatic carbocycles. The number of nitrogens with zero attached hydrogens (tertiary/aromatic N) is 1. The number of hydrogen-bond acceptors (Lipinski definition) is 4. The first-order chi connectivity index (χ1) is 6.36. The molecule has 4 nitrogen and oxygen atoms in total. The summed E-state index contributed by atoms with van der Waals surface area (Å²) in [4.78, 5) is 16.2. The van der Waals surface area contributed by atoms with Crippen LogP contribution in [-0.2, 0) is 16.1 Å². The summed E-state index contributed by atoms with van der Waals surface area (Å²) < 4.78 is 5.04. The van der Waals surface area contributed by atoms with Gasteiger partial charge in [0.1, 0.15) is 6.10 Å². The minimum atomic E-state index is -0.215. The molecule has 1 amide bonds. The van der Waals surface area contributed by atoms with E-state index < -0.39 is 0 Å². The van der Waals surface area contributed by atoms with E-state index in [4.69, 9.17) is 4.74 Å². The van der Waals surface area contributed by atoms with E-state index in [1.54, 1.807) is 11.7 Å². The Labute approximate surface area is 79.9 Å². The number of rotatable bonds is 3. The first kappa shape index (κ1) is 8.65. The Hall–Kier alpha value is -0.940. The van der Waals surface area contributed by atoms with E-state index in [9.17, 15) is 4.79 Å². The van der Waals surface area contributed by atoms with E-state index in [0.29, 0.717) is 13.2 Å². The van der Waals surface area contributed by atoms with Crippen molar-refractivity contribution in [3.05, 3.63) is 16.6 Å². The lowest BCUT2D eigenvalue weighted by Crippen LogP contribution is -2.42. The van der Waals surface area contributed by atoms with Crippen LogP contribution < -0.4 is 5.32 Å². The van der Waals surface area contributed by atoms with Gasteiger partial charge in [-0.2, -0.15) is 0 Å². The zero-order valence-electron chi connectivity index (χ0n) is 7.03. The van der Waals surface area contributed by atoms with Crippen LogP contribution in [0.25, 0.3) is 0 Å². The molecule has 2 heterocycles. The highest BCUT2D eigenvalue weighted by Gasteiger charge is 2.25. The second-order valence-electron chi connectivity index (χ2n) is 2.83. The summed E-state index contributed by atoms with van der Waals surface area (Å²) in [6, 6.07) is 0. The Kier molecular flexibility index (Phi) is 2.56. The van der Waals surface area contributed by atoms with Gasteiger partial charge in [-0.05, 0) is 0 Å². The maximum Gasteiger partial charge on any atom is 0.249 e. The van der Waals surface area contributed by atoms with Crippen molar-refractivity contribution in [3.63, 3.8) is 0 Å². The van der Waals surface area contributed by atoms with E-state index in [1.165, 1.54) is 11.3 Å². The number of amides is 1. The first-order valence-electron chi connectivity index (χ1n) is 4.13. The molecule has 2 rings (SSSR count). The summed E-state index contributed by atoms with van der Waals surface area (Å²) >= 11 is 1.54. The number of hydrogen-bond donors (Lipinski definition) is 1. The maximum absolute atomic E-state index is 11.3. The number of carbonyl (C=O) groups is 1. The molecule has 0 radical (unpaired) electrons. The lowest BCUT2D eigenvalue weighted by molar-refractivity contribution is -0.145. The quantitative estimate of drug-likeness (QED) is 0.771. The number of nitrogens with one attached hydrogen (secondary N) is 1. The van der Waals surface area contributed by atoms with Gasteiger partial charge in [-0.3, -0.25) is 9.78 Å². The fourth-order valence-electron chi connectivity index (χ4n) is 1.06. The molecule has 70 valence electrons. The third-order valence-corrected chi connectivity index (χ3v) is 2.69. The first-order valence-corrected chi connectivity index (χ1v) is 5.01. The summed E-state index contributed by atoms with van der Waals surface area (Å²) in [6.45, 7) is 1.27. The van der Waals surface area contributed by atoms with Gasteiger partial charge in [-0.15, -0.1) is 11.3 Å². The predicted octanol–water partition coefficient (Wildman–Crippen LogP) is 0.548. The van der Waals surface area contributed by atoms with Gasteiger partial charge in [0.2, 0.25) is 5.91 Å². The van der Waals surface area contributed by atoms with Crippen LogP contribution in [0.3, 0.4) is 0 Å². The van der Waals surface area contributed by atoms with Gasteiger partial charge in [0.05, 0.1) is 18.7 Å². The van der Waals surface area contributed by atoms with Gasteiger partial charge in [0.15, 0.2) is 0 Å². The number of aromatic nitrogens is 1. The maximum atomic E-state index is 11.3. The van der Waals surface area contributed by atoms with Crippen molar-refractivity contribution in [1.29, 1.82) is 0 Å². The molecule has 1 atom stereocenters. The molecule has 1 unspecified atom stereocenters. The van der Waals surface area contributed by atoms with E-state index >= 15 is 0 Å². The molecule has 0 saturated carbocycles. The van der Waals surface area contributed by atoms with Crippen molar-refractivity contribution in [1.82, 2.24) is 10.3 Å². The molecule has 5 heteroatoms. The Balaban J connectivity index is 1.76. The van der Waals surface area contributed by atoms with Gasteiger partial charge >= 0.3 is 0 Å². The molecule has 1 N–H and O–H groups in total. The Morgan fingerprint density at radius 3 is 3.23 bits per heavy atom. The topological polar surface area (TPSA) is 51.2 Å². The van der Waals surface area contributed by atoms with Crippen molar-refractivity contribution < 1.29 is 9.53 Å². The monoisotopic (exact) mass is 198 g/mol. The summed E-state index contributed by atoms with van der Waals surface area (Å²) in [5.74, 6) is -0.0142. The van der Waals surface area contributed by atoms with Gasteiger partial charge < -0.3 is 10.1 Å². The van der Waals surface area contributed by atoms with Crippen LogP contribution in [0.4, 0.5) is 0 Å².